The summed E-state index contributed by atoms with van der Waals surface area (Å²) in [6.45, 7) is 0. The summed E-state index contributed by atoms with van der Waals surface area (Å²) in [4.78, 5) is 24.3. The van der Waals surface area contributed by atoms with Crippen LogP contribution in [0.3, 0.4) is 0 Å². The molecule has 1 aliphatic heterocycles. The highest BCUT2D eigenvalue weighted by atomic mass is 35.5. The van der Waals surface area contributed by atoms with E-state index in [1.807, 2.05) is 0 Å². The third kappa shape index (κ3) is 4.00. The van der Waals surface area contributed by atoms with Gasteiger partial charge in [0.25, 0.3) is 5.91 Å². The van der Waals surface area contributed by atoms with Crippen LogP contribution in [0.15, 0.2) is 35.2 Å². The minimum atomic E-state index is -3.95. The van der Waals surface area contributed by atoms with E-state index in [4.69, 9.17) is 16.3 Å². The maximum absolute atomic E-state index is 13.6. The topological polar surface area (TPSA) is 89.5 Å². The second-order valence-corrected chi connectivity index (χ2v) is 12.0. The smallest absolute Gasteiger partial charge is 0.306 e. The lowest BCUT2D eigenvalue weighted by Crippen LogP contribution is -2.47. The standard InChI is InChI=1S/C24H21ClF3NO5S/c25-17-4-1-12(23(31)29-15-10-18(26)22(28)19(27)11-15)7-20(17)35(32,33)16-8-13-2-3-14(9-16)24(13)6-5-21(30)34-24/h1,4,7,10-11,13-14,16H,2-3,5-6,8-9H2,(H,29,31)/t13-,14?,16?,24?/m0/s1. The van der Waals surface area contributed by atoms with E-state index in [2.05, 4.69) is 5.32 Å². The molecule has 2 aromatic rings. The van der Waals surface area contributed by atoms with Crippen LogP contribution < -0.4 is 5.32 Å². The van der Waals surface area contributed by atoms with Crippen LogP contribution in [0.5, 0.6) is 0 Å². The fourth-order valence-corrected chi connectivity index (χ4v) is 8.30. The van der Waals surface area contributed by atoms with Crippen LogP contribution in [-0.4, -0.2) is 31.1 Å². The first-order valence-electron chi connectivity index (χ1n) is 11.2. The Kier molecular flexibility index (Phi) is 5.87. The number of halogens is 4. The Morgan fingerprint density at radius 2 is 1.69 bits per heavy atom. The van der Waals surface area contributed by atoms with Crippen LogP contribution in [-0.2, 0) is 19.4 Å². The third-order valence-electron chi connectivity index (χ3n) is 7.54. The number of nitrogens with one attached hydrogen (secondary N) is 1. The molecule has 1 heterocycles. The van der Waals surface area contributed by atoms with E-state index >= 15 is 0 Å². The van der Waals surface area contributed by atoms with Crippen molar-refractivity contribution >= 4 is 39.0 Å². The highest BCUT2D eigenvalue weighted by Crippen LogP contribution is 2.57. The van der Waals surface area contributed by atoms with E-state index in [1.165, 1.54) is 12.1 Å². The Morgan fingerprint density at radius 1 is 1.06 bits per heavy atom. The first kappa shape index (κ1) is 24.1. The second kappa shape index (κ2) is 8.51. The number of rotatable bonds is 4. The minimum absolute atomic E-state index is 0.0546. The number of amides is 1. The zero-order chi connectivity index (χ0) is 25.1. The molecule has 1 spiro atoms. The van der Waals surface area contributed by atoms with Crippen molar-refractivity contribution in [3.8, 4) is 0 Å². The molecule has 2 aliphatic carbocycles. The molecule has 2 bridgehead atoms. The first-order chi connectivity index (χ1) is 16.5. The number of hydrogen-bond donors (Lipinski definition) is 1. The van der Waals surface area contributed by atoms with Gasteiger partial charge in [-0.1, -0.05) is 11.6 Å². The molecule has 1 amide bonds. The van der Waals surface area contributed by atoms with Gasteiger partial charge in [-0.25, -0.2) is 21.6 Å². The van der Waals surface area contributed by atoms with Gasteiger partial charge in [-0.05, 0) is 50.3 Å². The van der Waals surface area contributed by atoms with Crippen LogP contribution in [0.1, 0.15) is 48.9 Å². The summed E-state index contributed by atoms with van der Waals surface area (Å²) in [5.74, 6) is -5.81. The normalized spacial score (nSPS) is 27.8. The number of hydrogen-bond acceptors (Lipinski definition) is 5. The summed E-state index contributed by atoms with van der Waals surface area (Å²) in [7, 11) is -3.95. The highest BCUT2D eigenvalue weighted by molar-refractivity contribution is 7.92. The molecule has 0 radical (unpaired) electrons. The maximum Gasteiger partial charge on any atom is 0.306 e. The van der Waals surface area contributed by atoms with Crippen molar-refractivity contribution in [3.63, 3.8) is 0 Å². The summed E-state index contributed by atoms with van der Waals surface area (Å²) in [6, 6.07) is 4.92. The van der Waals surface area contributed by atoms with Crippen molar-refractivity contribution in [1.29, 1.82) is 0 Å². The molecular formula is C24H21ClF3NO5S. The summed E-state index contributed by atoms with van der Waals surface area (Å²) in [6.07, 6.45) is 3.17. The Morgan fingerprint density at radius 3 is 2.26 bits per heavy atom. The monoisotopic (exact) mass is 527 g/mol. The van der Waals surface area contributed by atoms with E-state index < -0.39 is 44.0 Å². The van der Waals surface area contributed by atoms with Gasteiger partial charge in [-0.15, -0.1) is 0 Å². The molecule has 6 nitrogen and oxygen atoms in total. The Hall–Kier alpha value is -2.59. The lowest BCUT2D eigenvalue weighted by atomic mass is 9.73. The zero-order valence-corrected chi connectivity index (χ0v) is 19.9. The summed E-state index contributed by atoms with van der Waals surface area (Å²) >= 11 is 6.23. The molecule has 5 rings (SSSR count). The van der Waals surface area contributed by atoms with Crippen molar-refractivity contribution < 1.29 is 35.9 Å². The second-order valence-electron chi connectivity index (χ2n) is 9.39. The van der Waals surface area contributed by atoms with Crippen molar-refractivity contribution in [1.82, 2.24) is 0 Å². The van der Waals surface area contributed by atoms with Gasteiger partial charge >= 0.3 is 5.97 Å². The quantitative estimate of drug-likeness (QED) is 0.444. The van der Waals surface area contributed by atoms with Crippen molar-refractivity contribution in [2.24, 2.45) is 11.8 Å². The molecule has 3 fully saturated rings. The molecule has 35 heavy (non-hydrogen) atoms. The molecule has 2 saturated carbocycles. The number of carbonyl (C=O) groups is 2. The number of carbonyl (C=O) groups excluding carboxylic acids is 2. The van der Waals surface area contributed by atoms with Gasteiger partial charge in [0.2, 0.25) is 0 Å². The summed E-state index contributed by atoms with van der Waals surface area (Å²) in [5.41, 5.74) is -1.00. The summed E-state index contributed by atoms with van der Waals surface area (Å²) in [5, 5.41) is 1.43. The van der Waals surface area contributed by atoms with E-state index in [-0.39, 0.29) is 39.0 Å². The number of benzene rings is 2. The van der Waals surface area contributed by atoms with E-state index in [1.54, 1.807) is 0 Å². The summed E-state index contributed by atoms with van der Waals surface area (Å²) < 4.78 is 73.0. The fourth-order valence-electron chi connectivity index (χ4n) is 5.90. The molecule has 11 heteroatoms. The number of anilines is 1. The highest BCUT2D eigenvalue weighted by Gasteiger charge is 2.60. The van der Waals surface area contributed by atoms with Gasteiger partial charge in [0.05, 0.1) is 15.2 Å². The van der Waals surface area contributed by atoms with Crippen LogP contribution >= 0.6 is 11.6 Å². The van der Waals surface area contributed by atoms with Gasteiger partial charge < -0.3 is 10.1 Å². The molecule has 4 atom stereocenters. The molecule has 1 saturated heterocycles. The zero-order valence-electron chi connectivity index (χ0n) is 18.3. The van der Waals surface area contributed by atoms with Crippen LogP contribution in [0, 0.1) is 29.3 Å². The molecular weight excluding hydrogens is 507 g/mol. The average molecular weight is 528 g/mol. The first-order valence-corrected chi connectivity index (χ1v) is 13.1. The van der Waals surface area contributed by atoms with E-state index in [0.29, 0.717) is 37.8 Å². The molecule has 3 aliphatic rings. The molecule has 186 valence electrons. The Labute approximate surface area is 204 Å². The van der Waals surface area contributed by atoms with Crippen molar-refractivity contribution in [2.45, 2.75) is 54.3 Å². The number of ether oxygens (including phenoxy) is 1. The van der Waals surface area contributed by atoms with Crippen molar-refractivity contribution in [3.05, 3.63) is 58.4 Å². The molecule has 3 unspecified atom stereocenters. The molecule has 1 N–H and O–H groups in total. The van der Waals surface area contributed by atoms with Crippen LogP contribution in [0.2, 0.25) is 5.02 Å². The van der Waals surface area contributed by atoms with Gasteiger partial charge in [-0.3, -0.25) is 9.59 Å². The van der Waals surface area contributed by atoms with Gasteiger partial charge in [0, 0.05) is 41.6 Å². The minimum Gasteiger partial charge on any atom is -0.458 e. The van der Waals surface area contributed by atoms with Crippen LogP contribution in [0.25, 0.3) is 0 Å². The number of esters is 1. The average Bonchev–Trinajstić information content (AvgIpc) is 3.23. The maximum atomic E-state index is 13.6. The fraction of sp³-hybridized carbons (Fsp3) is 0.417. The Balaban J connectivity index is 1.40. The van der Waals surface area contributed by atoms with Gasteiger partial charge in [0.15, 0.2) is 27.3 Å². The van der Waals surface area contributed by atoms with Gasteiger partial charge in [-0.2, -0.15) is 0 Å². The third-order valence-corrected chi connectivity index (χ3v) is 10.2. The number of sulfone groups is 1. The lowest BCUT2D eigenvalue weighted by Gasteiger charge is -2.42. The molecule has 0 aromatic heterocycles. The largest absolute Gasteiger partial charge is 0.458 e. The van der Waals surface area contributed by atoms with E-state index in [9.17, 15) is 31.2 Å². The SMILES string of the molecule is O=C1CCC2(O1)C1CC[C@H]2CC(S(=O)(=O)c2cc(C(=O)Nc3cc(F)c(F)c(F)c3)ccc2Cl)C1. The predicted molar refractivity (Wildman–Crippen MR) is 120 cm³/mol. The molecule has 2 aromatic carbocycles. The van der Waals surface area contributed by atoms with Crippen molar-refractivity contribution in [2.75, 3.05) is 5.32 Å². The van der Waals surface area contributed by atoms with Gasteiger partial charge in [0.1, 0.15) is 5.60 Å². The Bertz CT molecular complexity index is 1310. The lowest BCUT2D eigenvalue weighted by molar-refractivity contribution is -0.157. The van der Waals surface area contributed by atoms with E-state index in [0.717, 1.165) is 18.9 Å². The van der Waals surface area contributed by atoms with Crippen LogP contribution in [0.4, 0.5) is 18.9 Å². The predicted octanol–water partition coefficient (Wildman–Crippen LogP) is 5.05.